The first kappa shape index (κ1) is 21.8. The zero-order chi connectivity index (χ0) is 22.9. The highest BCUT2D eigenvalue weighted by molar-refractivity contribution is 5.95. The third-order valence-corrected chi connectivity index (χ3v) is 4.71. The van der Waals surface area contributed by atoms with Gasteiger partial charge in [0.1, 0.15) is 0 Å². The molecule has 0 aliphatic heterocycles. The fraction of sp³-hybridized carbons (Fsp3) is 0.200. The molecule has 8 nitrogen and oxygen atoms in total. The number of carbonyl (C=O) groups is 1. The van der Waals surface area contributed by atoms with Gasteiger partial charge in [-0.05, 0) is 44.2 Å². The predicted molar refractivity (Wildman–Crippen MR) is 104 cm³/mol. The minimum Gasteiger partial charge on any atom is -0.502 e. The number of aromatic hydroxyl groups is 1. The predicted octanol–water partition coefficient (Wildman–Crippen LogP) is 4.30. The van der Waals surface area contributed by atoms with Crippen LogP contribution in [0.2, 0.25) is 0 Å². The molecule has 162 valence electrons. The number of nitrogens with zero attached hydrogens (tertiary/aromatic N) is 3. The number of hydrogen-bond donors (Lipinski definition) is 2. The summed E-state index contributed by atoms with van der Waals surface area (Å²) in [6.07, 6.45) is -3.05. The van der Waals surface area contributed by atoms with Crippen LogP contribution in [0.5, 0.6) is 5.75 Å². The van der Waals surface area contributed by atoms with Gasteiger partial charge >= 0.3 is 11.9 Å². The van der Waals surface area contributed by atoms with E-state index in [1.165, 1.54) is 29.1 Å². The molecule has 0 spiro atoms. The highest BCUT2D eigenvalue weighted by atomic mass is 19.4. The number of nitro groups is 1. The third kappa shape index (κ3) is 4.49. The van der Waals surface area contributed by atoms with Crippen LogP contribution < -0.4 is 5.32 Å². The number of aromatic nitrogens is 2. The molecule has 3 aromatic rings. The Balaban J connectivity index is 1.82. The number of benzene rings is 2. The summed E-state index contributed by atoms with van der Waals surface area (Å²) in [6.45, 7) is 3.31. The van der Waals surface area contributed by atoms with E-state index in [0.717, 1.165) is 24.3 Å². The van der Waals surface area contributed by atoms with Gasteiger partial charge in [-0.25, -0.2) is 4.68 Å². The van der Waals surface area contributed by atoms with Crippen LogP contribution in [-0.4, -0.2) is 25.7 Å². The second-order valence-electron chi connectivity index (χ2n) is 6.80. The van der Waals surface area contributed by atoms with Gasteiger partial charge in [-0.2, -0.15) is 18.3 Å². The molecular weight excluding hydrogens is 417 g/mol. The van der Waals surface area contributed by atoms with E-state index in [9.17, 15) is 33.2 Å². The molecule has 2 aromatic carbocycles. The van der Waals surface area contributed by atoms with E-state index < -0.39 is 40.0 Å². The van der Waals surface area contributed by atoms with E-state index in [0.29, 0.717) is 11.3 Å². The van der Waals surface area contributed by atoms with Crippen LogP contribution in [0.25, 0.3) is 5.69 Å². The molecule has 1 amide bonds. The summed E-state index contributed by atoms with van der Waals surface area (Å²) < 4.78 is 40.3. The molecule has 1 heterocycles. The van der Waals surface area contributed by atoms with Crippen molar-refractivity contribution in [2.24, 2.45) is 0 Å². The highest BCUT2D eigenvalue weighted by Gasteiger charge is 2.30. The van der Waals surface area contributed by atoms with Gasteiger partial charge in [0.25, 0.3) is 5.91 Å². The van der Waals surface area contributed by atoms with Crippen molar-refractivity contribution in [1.29, 1.82) is 0 Å². The van der Waals surface area contributed by atoms with E-state index in [-0.39, 0.29) is 11.3 Å². The Bertz CT molecular complexity index is 1160. The van der Waals surface area contributed by atoms with Gasteiger partial charge in [0.15, 0.2) is 5.75 Å². The monoisotopic (exact) mass is 434 g/mol. The summed E-state index contributed by atoms with van der Waals surface area (Å²) in [4.78, 5) is 22.5. The first-order chi connectivity index (χ1) is 14.5. The van der Waals surface area contributed by atoms with Gasteiger partial charge in [-0.15, -0.1) is 0 Å². The molecule has 0 aliphatic rings. The number of nitro benzene ring substituents is 1. The largest absolute Gasteiger partial charge is 0.502 e. The molecule has 0 saturated carbocycles. The minimum absolute atomic E-state index is 0.0119. The van der Waals surface area contributed by atoms with Crippen LogP contribution in [0, 0.1) is 17.0 Å². The lowest BCUT2D eigenvalue weighted by Crippen LogP contribution is -2.27. The van der Waals surface area contributed by atoms with Crippen LogP contribution in [0.4, 0.5) is 18.9 Å². The zero-order valence-corrected chi connectivity index (χ0v) is 16.3. The molecule has 0 radical (unpaired) electrons. The standard InChI is InChI=1S/C20H17F3N4O4/c1-11(25-19(29)13-6-7-17(27(30)31)18(28)8-13)16-10-24-26(12(16)2)15-5-3-4-14(9-15)20(21,22)23/h3-11,28H,1-2H3,(H,25,29)/t11-/m0/s1. The molecule has 11 heteroatoms. The SMILES string of the molecule is Cc1c([C@H](C)NC(=O)c2ccc([N+](=O)[O-])c(O)c2)cnn1-c1cccc(C(F)(F)F)c1. The average molecular weight is 434 g/mol. The third-order valence-electron chi connectivity index (χ3n) is 4.71. The first-order valence-corrected chi connectivity index (χ1v) is 8.99. The van der Waals surface area contributed by atoms with Crippen molar-refractivity contribution in [3.05, 3.63) is 81.2 Å². The number of nitrogens with one attached hydrogen (secondary N) is 1. The molecule has 0 saturated heterocycles. The normalized spacial score (nSPS) is 12.4. The van der Waals surface area contributed by atoms with Crippen LogP contribution in [0.3, 0.4) is 0 Å². The van der Waals surface area contributed by atoms with Crippen molar-refractivity contribution in [3.8, 4) is 11.4 Å². The second-order valence-corrected chi connectivity index (χ2v) is 6.80. The van der Waals surface area contributed by atoms with Crippen molar-refractivity contribution >= 4 is 11.6 Å². The Hall–Kier alpha value is -3.89. The topological polar surface area (TPSA) is 110 Å². The molecule has 1 atom stereocenters. The Morgan fingerprint density at radius 2 is 1.97 bits per heavy atom. The molecule has 3 rings (SSSR count). The minimum atomic E-state index is -4.49. The Labute approximate surface area is 174 Å². The number of phenols is 1. The zero-order valence-electron chi connectivity index (χ0n) is 16.3. The van der Waals surface area contributed by atoms with E-state index in [1.54, 1.807) is 13.8 Å². The average Bonchev–Trinajstić information content (AvgIpc) is 3.08. The molecule has 0 aliphatic carbocycles. The lowest BCUT2D eigenvalue weighted by atomic mass is 10.1. The van der Waals surface area contributed by atoms with Crippen molar-refractivity contribution in [2.45, 2.75) is 26.1 Å². The van der Waals surface area contributed by atoms with Crippen LogP contribution in [-0.2, 0) is 6.18 Å². The first-order valence-electron chi connectivity index (χ1n) is 8.99. The Morgan fingerprint density at radius 1 is 1.26 bits per heavy atom. The summed E-state index contributed by atoms with van der Waals surface area (Å²) in [7, 11) is 0. The highest BCUT2D eigenvalue weighted by Crippen LogP contribution is 2.31. The Kier molecular flexibility index (Phi) is 5.69. The van der Waals surface area contributed by atoms with Gasteiger partial charge in [0, 0.05) is 22.9 Å². The maximum atomic E-state index is 13.0. The summed E-state index contributed by atoms with van der Waals surface area (Å²) in [5.41, 5.74) is -0.00517. The van der Waals surface area contributed by atoms with Crippen molar-refractivity contribution in [3.63, 3.8) is 0 Å². The summed E-state index contributed by atoms with van der Waals surface area (Å²) in [5, 5.41) is 27.3. The molecule has 1 aromatic heterocycles. The summed E-state index contributed by atoms with van der Waals surface area (Å²) in [6, 6.07) is 7.35. The summed E-state index contributed by atoms with van der Waals surface area (Å²) >= 11 is 0. The second kappa shape index (κ2) is 8.09. The van der Waals surface area contributed by atoms with E-state index in [1.807, 2.05) is 0 Å². The molecule has 0 unspecified atom stereocenters. The van der Waals surface area contributed by atoms with Gasteiger partial charge in [-0.3, -0.25) is 14.9 Å². The van der Waals surface area contributed by atoms with Crippen molar-refractivity contribution < 1.29 is 28.0 Å². The van der Waals surface area contributed by atoms with Gasteiger partial charge < -0.3 is 10.4 Å². The number of alkyl halides is 3. The molecular formula is C20H17F3N4O4. The van der Waals surface area contributed by atoms with E-state index >= 15 is 0 Å². The lowest BCUT2D eigenvalue weighted by molar-refractivity contribution is -0.385. The number of carbonyl (C=O) groups excluding carboxylic acids is 1. The quantitative estimate of drug-likeness (QED) is 0.459. The maximum Gasteiger partial charge on any atom is 0.416 e. The lowest BCUT2D eigenvalue weighted by Gasteiger charge is -2.15. The van der Waals surface area contributed by atoms with Gasteiger partial charge in [-0.1, -0.05) is 6.07 Å². The maximum absolute atomic E-state index is 13.0. The fourth-order valence-electron chi connectivity index (χ4n) is 3.10. The van der Waals surface area contributed by atoms with E-state index in [4.69, 9.17) is 0 Å². The molecule has 0 bridgehead atoms. The number of hydrogen-bond acceptors (Lipinski definition) is 5. The molecule has 2 N–H and O–H groups in total. The molecule has 31 heavy (non-hydrogen) atoms. The summed E-state index contributed by atoms with van der Waals surface area (Å²) in [5.74, 6) is -1.23. The number of rotatable bonds is 5. The smallest absolute Gasteiger partial charge is 0.416 e. The van der Waals surface area contributed by atoms with Crippen molar-refractivity contribution in [2.75, 3.05) is 0 Å². The number of halogens is 3. The van der Waals surface area contributed by atoms with Crippen LogP contribution >= 0.6 is 0 Å². The fourth-order valence-corrected chi connectivity index (χ4v) is 3.10. The van der Waals surface area contributed by atoms with Gasteiger partial charge in [0.2, 0.25) is 0 Å². The van der Waals surface area contributed by atoms with Crippen molar-refractivity contribution in [1.82, 2.24) is 15.1 Å². The number of amides is 1. The number of phenolic OH excluding ortho intramolecular Hbond substituents is 1. The van der Waals surface area contributed by atoms with Crippen LogP contribution in [0.1, 0.15) is 40.1 Å². The van der Waals surface area contributed by atoms with Crippen LogP contribution in [0.15, 0.2) is 48.7 Å². The Morgan fingerprint density at radius 3 is 2.58 bits per heavy atom. The van der Waals surface area contributed by atoms with Gasteiger partial charge in [0.05, 0.1) is 28.4 Å². The van der Waals surface area contributed by atoms with E-state index in [2.05, 4.69) is 10.4 Å². The molecule has 0 fully saturated rings.